The molecule has 0 bridgehead atoms. The molecule has 0 aliphatic rings. The molecule has 0 aliphatic heterocycles. The Kier molecular flexibility index (Phi) is 4.84. The second-order valence-electron chi connectivity index (χ2n) is 4.34. The van der Waals surface area contributed by atoms with E-state index in [4.69, 9.17) is 10.5 Å². The van der Waals surface area contributed by atoms with E-state index in [-0.39, 0.29) is 22.9 Å². The Morgan fingerprint density at radius 1 is 1.19 bits per heavy atom. The van der Waals surface area contributed by atoms with Crippen LogP contribution in [0.4, 0.5) is 10.1 Å². The van der Waals surface area contributed by atoms with Crippen LogP contribution >= 0.6 is 15.9 Å². The van der Waals surface area contributed by atoms with Crippen molar-refractivity contribution in [2.45, 2.75) is 4.90 Å². The summed E-state index contributed by atoms with van der Waals surface area (Å²) in [5.41, 5.74) is 5.52. The molecule has 2 aromatic rings. The highest BCUT2D eigenvalue weighted by molar-refractivity contribution is 9.10. The summed E-state index contributed by atoms with van der Waals surface area (Å²) in [6, 6.07) is 10.3. The molecule has 0 heterocycles. The van der Waals surface area contributed by atoms with Gasteiger partial charge in [-0.3, -0.25) is 0 Å². The Morgan fingerprint density at radius 3 is 2.62 bits per heavy atom. The highest BCUT2D eigenvalue weighted by atomic mass is 79.9. The number of halogens is 2. The molecule has 0 fully saturated rings. The highest BCUT2D eigenvalue weighted by Gasteiger charge is 2.16. The molecule has 0 atom stereocenters. The molecule has 0 amide bonds. The molecule has 0 radical (unpaired) electrons. The molecule has 0 unspecified atom stereocenters. The van der Waals surface area contributed by atoms with E-state index in [1.165, 1.54) is 6.07 Å². The van der Waals surface area contributed by atoms with Crippen molar-refractivity contribution in [2.75, 3.05) is 18.1 Å². The molecular weight excluding hydrogens is 361 g/mol. The molecular formula is C14H13BrFNO3S. The quantitative estimate of drug-likeness (QED) is 0.817. The SMILES string of the molecule is Nc1cc(F)cc(S(=O)(=O)CCOc2cccc(Br)c2)c1. The zero-order chi connectivity index (χ0) is 15.5. The lowest BCUT2D eigenvalue weighted by Gasteiger charge is -2.08. The van der Waals surface area contributed by atoms with Gasteiger partial charge in [-0.1, -0.05) is 22.0 Å². The van der Waals surface area contributed by atoms with Crippen LogP contribution in [0.2, 0.25) is 0 Å². The lowest BCUT2D eigenvalue weighted by molar-refractivity contribution is 0.340. The van der Waals surface area contributed by atoms with Gasteiger partial charge in [0.05, 0.1) is 10.6 Å². The summed E-state index contributed by atoms with van der Waals surface area (Å²) >= 11 is 3.29. The number of sulfone groups is 1. The van der Waals surface area contributed by atoms with E-state index in [2.05, 4.69) is 15.9 Å². The van der Waals surface area contributed by atoms with E-state index < -0.39 is 15.7 Å². The molecule has 2 rings (SSSR count). The van der Waals surface area contributed by atoms with Crippen LogP contribution in [-0.2, 0) is 9.84 Å². The first-order valence-electron chi connectivity index (χ1n) is 6.04. The number of anilines is 1. The minimum atomic E-state index is -3.64. The fraction of sp³-hybridized carbons (Fsp3) is 0.143. The fourth-order valence-electron chi connectivity index (χ4n) is 1.71. The molecule has 0 spiro atoms. The Bertz CT molecular complexity index is 729. The molecule has 0 saturated heterocycles. The van der Waals surface area contributed by atoms with Crippen LogP contribution in [0.1, 0.15) is 0 Å². The van der Waals surface area contributed by atoms with Crippen molar-refractivity contribution in [3.05, 3.63) is 52.8 Å². The number of ether oxygens (including phenoxy) is 1. The van der Waals surface area contributed by atoms with E-state index in [1.807, 2.05) is 6.07 Å². The van der Waals surface area contributed by atoms with Gasteiger partial charge in [0.2, 0.25) is 0 Å². The summed E-state index contributed by atoms with van der Waals surface area (Å²) in [5.74, 6) is -0.387. The van der Waals surface area contributed by atoms with Gasteiger partial charge in [0.25, 0.3) is 0 Å². The highest BCUT2D eigenvalue weighted by Crippen LogP contribution is 2.19. The van der Waals surface area contributed by atoms with Crippen molar-refractivity contribution in [2.24, 2.45) is 0 Å². The van der Waals surface area contributed by atoms with Crippen molar-refractivity contribution in [3.63, 3.8) is 0 Å². The smallest absolute Gasteiger partial charge is 0.181 e. The summed E-state index contributed by atoms with van der Waals surface area (Å²) in [6.45, 7) is -0.0325. The molecule has 0 aromatic heterocycles. The monoisotopic (exact) mass is 373 g/mol. The van der Waals surface area contributed by atoms with Gasteiger partial charge in [-0.2, -0.15) is 0 Å². The van der Waals surface area contributed by atoms with Gasteiger partial charge in [-0.15, -0.1) is 0 Å². The normalized spacial score (nSPS) is 11.3. The van der Waals surface area contributed by atoms with E-state index in [9.17, 15) is 12.8 Å². The molecule has 112 valence electrons. The standard InChI is InChI=1S/C14H13BrFNO3S/c15-10-2-1-3-13(6-10)20-4-5-21(18,19)14-8-11(16)7-12(17)9-14/h1-3,6-9H,4-5,17H2. The second-order valence-corrected chi connectivity index (χ2v) is 7.37. The van der Waals surface area contributed by atoms with E-state index in [0.29, 0.717) is 5.75 Å². The average Bonchev–Trinajstić information content (AvgIpc) is 2.37. The van der Waals surface area contributed by atoms with Gasteiger partial charge < -0.3 is 10.5 Å². The van der Waals surface area contributed by atoms with E-state index in [1.54, 1.807) is 18.2 Å². The third-order valence-corrected chi connectivity index (χ3v) is 4.82. The first-order valence-corrected chi connectivity index (χ1v) is 8.48. The summed E-state index contributed by atoms with van der Waals surface area (Å²) in [5, 5.41) is 0. The molecule has 2 N–H and O–H groups in total. The first-order chi connectivity index (χ1) is 9.87. The van der Waals surface area contributed by atoms with Crippen molar-refractivity contribution in [3.8, 4) is 5.75 Å². The summed E-state index contributed by atoms with van der Waals surface area (Å²) in [7, 11) is -3.64. The number of hydrogen-bond donors (Lipinski definition) is 1. The van der Waals surface area contributed by atoms with E-state index >= 15 is 0 Å². The summed E-state index contributed by atoms with van der Waals surface area (Å²) < 4.78 is 43.6. The van der Waals surface area contributed by atoms with Crippen LogP contribution in [0, 0.1) is 5.82 Å². The Labute approximate surface area is 130 Å². The molecule has 4 nitrogen and oxygen atoms in total. The third-order valence-electron chi connectivity index (χ3n) is 2.67. The lowest BCUT2D eigenvalue weighted by Crippen LogP contribution is -2.14. The Morgan fingerprint density at radius 2 is 1.95 bits per heavy atom. The maximum atomic E-state index is 13.2. The molecule has 2 aromatic carbocycles. The van der Waals surface area contributed by atoms with Crippen LogP contribution in [0.25, 0.3) is 0 Å². The van der Waals surface area contributed by atoms with Crippen LogP contribution in [-0.4, -0.2) is 20.8 Å². The average molecular weight is 374 g/mol. The zero-order valence-electron chi connectivity index (χ0n) is 10.9. The van der Waals surface area contributed by atoms with Crippen molar-refractivity contribution >= 4 is 31.5 Å². The number of benzene rings is 2. The van der Waals surface area contributed by atoms with E-state index in [0.717, 1.165) is 16.6 Å². The van der Waals surface area contributed by atoms with Crippen molar-refractivity contribution in [1.29, 1.82) is 0 Å². The predicted molar refractivity (Wildman–Crippen MR) is 82.5 cm³/mol. The van der Waals surface area contributed by atoms with Crippen molar-refractivity contribution < 1.29 is 17.5 Å². The third kappa shape index (κ3) is 4.44. The molecule has 21 heavy (non-hydrogen) atoms. The summed E-state index contributed by atoms with van der Waals surface area (Å²) in [4.78, 5) is -0.141. The van der Waals surface area contributed by atoms with Gasteiger partial charge in [-0.05, 0) is 36.4 Å². The first kappa shape index (κ1) is 15.8. The number of nitrogens with two attached hydrogens (primary N) is 1. The van der Waals surface area contributed by atoms with Crippen LogP contribution < -0.4 is 10.5 Å². The Balaban J connectivity index is 2.04. The van der Waals surface area contributed by atoms with Gasteiger partial charge in [0.15, 0.2) is 9.84 Å². The van der Waals surface area contributed by atoms with Gasteiger partial charge >= 0.3 is 0 Å². The molecule has 0 saturated carbocycles. The maximum absolute atomic E-state index is 13.2. The zero-order valence-corrected chi connectivity index (χ0v) is 13.3. The van der Waals surface area contributed by atoms with Crippen molar-refractivity contribution in [1.82, 2.24) is 0 Å². The van der Waals surface area contributed by atoms with Crippen LogP contribution in [0.15, 0.2) is 51.8 Å². The number of nitrogen functional groups attached to an aromatic ring is 1. The fourth-order valence-corrected chi connectivity index (χ4v) is 3.23. The van der Waals surface area contributed by atoms with Gasteiger partial charge in [0.1, 0.15) is 18.2 Å². The summed E-state index contributed by atoms with van der Waals surface area (Å²) in [6.07, 6.45) is 0. The molecule has 0 aliphatic carbocycles. The van der Waals surface area contributed by atoms with Gasteiger partial charge in [-0.25, -0.2) is 12.8 Å². The van der Waals surface area contributed by atoms with Gasteiger partial charge in [0, 0.05) is 10.2 Å². The second kappa shape index (κ2) is 6.44. The topological polar surface area (TPSA) is 69.4 Å². The van der Waals surface area contributed by atoms with Crippen LogP contribution in [0.5, 0.6) is 5.75 Å². The largest absolute Gasteiger partial charge is 0.492 e. The molecule has 7 heteroatoms. The lowest BCUT2D eigenvalue weighted by atomic mass is 10.3. The maximum Gasteiger partial charge on any atom is 0.181 e. The van der Waals surface area contributed by atoms with Crippen LogP contribution in [0.3, 0.4) is 0 Å². The minimum absolute atomic E-state index is 0.0325. The number of rotatable bonds is 5. The minimum Gasteiger partial charge on any atom is -0.492 e. The Hall–Kier alpha value is -1.60. The number of hydrogen-bond acceptors (Lipinski definition) is 4. The predicted octanol–water partition coefficient (Wildman–Crippen LogP) is 3.02.